The minimum atomic E-state index is -0.815. The monoisotopic (exact) mass is 444 g/mol. The predicted molar refractivity (Wildman–Crippen MR) is 119 cm³/mol. The lowest BCUT2D eigenvalue weighted by molar-refractivity contribution is -0.123. The van der Waals surface area contributed by atoms with E-state index in [-0.39, 0.29) is 23.9 Å². The third-order valence-electron chi connectivity index (χ3n) is 7.34. The molecule has 1 spiro atoms. The zero-order valence-electron chi connectivity index (χ0n) is 18.6. The summed E-state index contributed by atoms with van der Waals surface area (Å²) in [6.45, 7) is 4.95. The molecular weight excluding hydrogens is 420 g/mol. The molecule has 0 saturated carbocycles. The molecule has 9 nitrogen and oxygen atoms in total. The molecule has 1 atom stereocenters. The molecule has 3 aliphatic rings. The van der Waals surface area contributed by atoms with Crippen LogP contribution in [-0.4, -0.2) is 55.7 Å². The molecule has 33 heavy (non-hydrogen) atoms. The molecule has 6 rings (SSSR count). The van der Waals surface area contributed by atoms with Crippen LogP contribution in [0.15, 0.2) is 30.6 Å². The second-order valence-electron chi connectivity index (χ2n) is 9.84. The molecule has 2 aromatic heterocycles. The van der Waals surface area contributed by atoms with Gasteiger partial charge in [0, 0.05) is 43.7 Å². The summed E-state index contributed by atoms with van der Waals surface area (Å²) < 4.78 is 1.71. The van der Waals surface area contributed by atoms with Crippen LogP contribution in [0.5, 0.6) is 0 Å². The Morgan fingerprint density at radius 3 is 2.76 bits per heavy atom. The molecule has 1 aliphatic carbocycles. The number of benzene rings is 1. The number of nitrogens with zero attached hydrogens (tertiary/aromatic N) is 5. The average Bonchev–Trinajstić information content (AvgIpc) is 3.48. The maximum atomic E-state index is 12.4. The highest BCUT2D eigenvalue weighted by molar-refractivity contribution is 6.11. The second-order valence-corrected chi connectivity index (χ2v) is 9.84. The molecule has 168 valence electrons. The van der Waals surface area contributed by atoms with Gasteiger partial charge >= 0.3 is 0 Å². The minimum absolute atomic E-state index is 0.0515. The van der Waals surface area contributed by atoms with E-state index >= 15 is 0 Å². The van der Waals surface area contributed by atoms with Crippen molar-refractivity contribution in [3.05, 3.63) is 53.1 Å². The number of rotatable bonds is 3. The number of hydrogen-bond donors (Lipinski definition) is 1. The van der Waals surface area contributed by atoms with Crippen molar-refractivity contribution in [2.75, 3.05) is 18.0 Å². The van der Waals surface area contributed by atoms with E-state index in [1.54, 1.807) is 16.9 Å². The Morgan fingerprint density at radius 2 is 1.97 bits per heavy atom. The zero-order chi connectivity index (χ0) is 23.0. The first-order chi connectivity index (χ1) is 15.7. The van der Waals surface area contributed by atoms with Gasteiger partial charge in [0.25, 0.3) is 0 Å². The molecule has 2 fully saturated rings. The van der Waals surface area contributed by atoms with E-state index in [1.807, 2.05) is 24.8 Å². The smallest absolute Gasteiger partial charge is 0.228 e. The van der Waals surface area contributed by atoms with Crippen molar-refractivity contribution in [1.29, 1.82) is 0 Å². The van der Waals surface area contributed by atoms with E-state index in [4.69, 9.17) is 4.98 Å². The normalized spacial score (nSPS) is 23.7. The first kappa shape index (κ1) is 20.0. The second kappa shape index (κ2) is 6.69. The van der Waals surface area contributed by atoms with Crippen LogP contribution in [-0.2, 0) is 32.6 Å². The lowest BCUT2D eigenvalue weighted by atomic mass is 9.85. The fraction of sp³-hybridized carbons (Fsp3) is 0.417. The fourth-order valence-corrected chi connectivity index (χ4v) is 5.40. The summed E-state index contributed by atoms with van der Waals surface area (Å²) in [4.78, 5) is 47.8. The molecule has 9 heteroatoms. The number of hydrogen-bond acceptors (Lipinski definition) is 7. The topological polar surface area (TPSA) is 110 Å². The van der Waals surface area contributed by atoms with Crippen LogP contribution in [0, 0.1) is 0 Å². The Kier molecular flexibility index (Phi) is 4.06. The highest BCUT2D eigenvalue weighted by atomic mass is 16.2. The van der Waals surface area contributed by atoms with E-state index in [2.05, 4.69) is 27.5 Å². The van der Waals surface area contributed by atoms with E-state index in [9.17, 15) is 14.4 Å². The van der Waals surface area contributed by atoms with E-state index in [0.717, 1.165) is 16.7 Å². The number of anilines is 1. The molecule has 1 unspecified atom stereocenters. The largest absolute Gasteiger partial charge is 0.351 e. The van der Waals surface area contributed by atoms with Gasteiger partial charge in [-0.1, -0.05) is 18.2 Å². The van der Waals surface area contributed by atoms with Gasteiger partial charge in [-0.05, 0) is 37.0 Å². The van der Waals surface area contributed by atoms with Gasteiger partial charge in [0.2, 0.25) is 5.91 Å². The van der Waals surface area contributed by atoms with Crippen molar-refractivity contribution in [3.63, 3.8) is 0 Å². The molecule has 1 aromatic carbocycles. The number of carbonyl (C=O) groups is 3. The third kappa shape index (κ3) is 2.98. The number of carbonyl (C=O) groups excluding carboxylic acids is 3. The summed E-state index contributed by atoms with van der Waals surface area (Å²) >= 11 is 0. The highest BCUT2D eigenvalue weighted by Crippen LogP contribution is 2.36. The standard InChI is InChI=1S/C24H24N6O3/c1-23(2)16-4-3-14(9-15(16)11-17(23)31)10-19-26-22-21(25-6-8-30(22)28-19)29-7-5-24(13-29)18(32)12-20(33)27-24/h3-4,6,8-9H,5,7,10-13H2,1-2H3,(H,27,33). The van der Waals surface area contributed by atoms with Gasteiger partial charge in [-0.3, -0.25) is 14.4 Å². The van der Waals surface area contributed by atoms with Crippen molar-refractivity contribution < 1.29 is 14.4 Å². The number of Topliss-reactive ketones (excluding diaryl/α,β-unsaturated/α-hetero) is 2. The lowest BCUT2D eigenvalue weighted by Crippen LogP contribution is -2.48. The fourth-order valence-electron chi connectivity index (χ4n) is 5.40. The molecule has 0 radical (unpaired) electrons. The van der Waals surface area contributed by atoms with Crippen LogP contribution in [0.3, 0.4) is 0 Å². The summed E-state index contributed by atoms with van der Waals surface area (Å²) in [5, 5.41) is 7.50. The van der Waals surface area contributed by atoms with Gasteiger partial charge < -0.3 is 10.2 Å². The number of nitrogens with one attached hydrogen (secondary N) is 1. The number of amides is 1. The third-order valence-corrected chi connectivity index (χ3v) is 7.34. The Hall–Kier alpha value is -3.62. The van der Waals surface area contributed by atoms with Crippen LogP contribution < -0.4 is 10.2 Å². The van der Waals surface area contributed by atoms with Crippen LogP contribution in [0.2, 0.25) is 0 Å². The first-order valence-corrected chi connectivity index (χ1v) is 11.2. The summed E-state index contributed by atoms with van der Waals surface area (Å²) in [7, 11) is 0. The quantitative estimate of drug-likeness (QED) is 0.604. The van der Waals surface area contributed by atoms with Crippen molar-refractivity contribution in [3.8, 4) is 0 Å². The van der Waals surface area contributed by atoms with Gasteiger partial charge in [-0.2, -0.15) is 5.10 Å². The van der Waals surface area contributed by atoms with Crippen LogP contribution in [0.4, 0.5) is 5.82 Å². The molecule has 2 saturated heterocycles. The predicted octanol–water partition coefficient (Wildman–Crippen LogP) is 1.16. The van der Waals surface area contributed by atoms with E-state index < -0.39 is 11.0 Å². The lowest BCUT2D eigenvalue weighted by Gasteiger charge is -2.22. The molecule has 1 N–H and O–H groups in total. The highest BCUT2D eigenvalue weighted by Gasteiger charge is 2.50. The van der Waals surface area contributed by atoms with Gasteiger partial charge in [-0.15, -0.1) is 0 Å². The van der Waals surface area contributed by atoms with E-state index in [1.165, 1.54) is 0 Å². The number of ketones is 2. The van der Waals surface area contributed by atoms with Gasteiger partial charge in [0.15, 0.2) is 23.1 Å². The Morgan fingerprint density at radius 1 is 1.12 bits per heavy atom. The molecule has 1 amide bonds. The summed E-state index contributed by atoms with van der Waals surface area (Å²) in [5.74, 6) is 1.30. The maximum Gasteiger partial charge on any atom is 0.228 e. The van der Waals surface area contributed by atoms with Crippen molar-refractivity contribution in [2.24, 2.45) is 0 Å². The maximum absolute atomic E-state index is 12.4. The number of aromatic nitrogens is 4. The molecule has 0 bridgehead atoms. The minimum Gasteiger partial charge on any atom is -0.351 e. The summed E-state index contributed by atoms with van der Waals surface area (Å²) in [6, 6.07) is 6.18. The first-order valence-electron chi connectivity index (χ1n) is 11.2. The Balaban J connectivity index is 1.28. The molecule has 3 aromatic rings. The van der Waals surface area contributed by atoms with Gasteiger partial charge in [0.1, 0.15) is 11.3 Å². The van der Waals surface area contributed by atoms with Gasteiger partial charge in [0.05, 0.1) is 6.42 Å². The SMILES string of the molecule is CC1(C)C(=O)Cc2cc(Cc3nc4c(N5CCC6(C5)NC(=O)CC6=O)nccn4n3)ccc21. The van der Waals surface area contributed by atoms with Crippen LogP contribution in [0.25, 0.3) is 5.65 Å². The Labute approximate surface area is 190 Å². The van der Waals surface area contributed by atoms with E-state index in [0.29, 0.717) is 49.6 Å². The summed E-state index contributed by atoms with van der Waals surface area (Å²) in [6.07, 6.45) is 4.95. The molecule has 2 aliphatic heterocycles. The Bertz CT molecular complexity index is 1360. The van der Waals surface area contributed by atoms with Gasteiger partial charge in [-0.25, -0.2) is 14.5 Å². The van der Waals surface area contributed by atoms with Crippen molar-refractivity contribution >= 4 is 28.9 Å². The zero-order valence-corrected chi connectivity index (χ0v) is 18.6. The van der Waals surface area contributed by atoms with Crippen molar-refractivity contribution in [1.82, 2.24) is 24.9 Å². The molecule has 4 heterocycles. The van der Waals surface area contributed by atoms with Crippen LogP contribution in [0.1, 0.15) is 49.2 Å². The molecular formula is C24H24N6O3. The van der Waals surface area contributed by atoms with Crippen molar-refractivity contribution in [2.45, 2.75) is 50.5 Å². The average molecular weight is 444 g/mol. The summed E-state index contributed by atoms with van der Waals surface area (Å²) in [5.41, 5.74) is 2.62. The van der Waals surface area contributed by atoms with Crippen LogP contribution >= 0.6 is 0 Å². The number of fused-ring (bicyclic) bond motifs is 2.